The third-order valence-corrected chi connectivity index (χ3v) is 1.62. The lowest BCUT2D eigenvalue weighted by Crippen LogP contribution is -1.94. The minimum atomic E-state index is -0.977. The van der Waals surface area contributed by atoms with E-state index in [-0.39, 0.29) is 0 Å². The van der Waals surface area contributed by atoms with Crippen LogP contribution < -0.4 is 0 Å². The predicted octanol–water partition coefficient (Wildman–Crippen LogP) is 2.49. The Morgan fingerprint density at radius 3 is 2.36 bits per heavy atom. The first-order valence-electron chi connectivity index (χ1n) is 3.78. The summed E-state index contributed by atoms with van der Waals surface area (Å²) in [5.41, 5.74) is 0.939. The maximum absolute atomic E-state index is 12.6. The predicted molar refractivity (Wildman–Crippen MR) is 42.1 cm³/mol. The zero-order valence-corrected chi connectivity index (χ0v) is 7.08. The Morgan fingerprint density at radius 2 is 2.09 bits per heavy atom. The standard InChI is InChI=1S/C8H13FN2/c1-6(2)8-4-11(5-10-8)7(3)9/h4-7H,1-3H3. The van der Waals surface area contributed by atoms with Gasteiger partial charge in [-0.3, -0.25) is 0 Å². The molecule has 1 heterocycles. The van der Waals surface area contributed by atoms with Crippen molar-refractivity contribution in [1.29, 1.82) is 0 Å². The molecule has 0 radical (unpaired) electrons. The molecule has 0 spiro atoms. The van der Waals surface area contributed by atoms with Crippen LogP contribution >= 0.6 is 0 Å². The van der Waals surface area contributed by atoms with Crippen LogP contribution in [0.1, 0.15) is 38.7 Å². The van der Waals surface area contributed by atoms with Crippen LogP contribution in [0.2, 0.25) is 0 Å². The molecular formula is C8H13FN2. The molecule has 0 fully saturated rings. The number of hydrogen-bond donors (Lipinski definition) is 0. The summed E-state index contributed by atoms with van der Waals surface area (Å²) >= 11 is 0. The van der Waals surface area contributed by atoms with Crippen LogP contribution in [-0.4, -0.2) is 9.55 Å². The van der Waals surface area contributed by atoms with Gasteiger partial charge in [0.25, 0.3) is 0 Å². The Labute approximate surface area is 66.1 Å². The third-order valence-electron chi connectivity index (χ3n) is 1.62. The van der Waals surface area contributed by atoms with Crippen molar-refractivity contribution in [2.24, 2.45) is 0 Å². The highest BCUT2D eigenvalue weighted by Gasteiger charge is 2.05. The minimum absolute atomic E-state index is 0.370. The van der Waals surface area contributed by atoms with Crippen molar-refractivity contribution in [3.8, 4) is 0 Å². The summed E-state index contributed by atoms with van der Waals surface area (Å²) in [7, 11) is 0. The molecule has 1 aromatic rings. The maximum Gasteiger partial charge on any atom is 0.174 e. The highest BCUT2D eigenvalue weighted by atomic mass is 19.1. The maximum atomic E-state index is 12.6. The van der Waals surface area contributed by atoms with Gasteiger partial charge in [-0.05, 0) is 12.8 Å². The molecule has 62 valence electrons. The molecule has 0 aliphatic heterocycles. The molecular weight excluding hydrogens is 143 g/mol. The van der Waals surface area contributed by atoms with Crippen LogP contribution in [0.15, 0.2) is 12.5 Å². The second-order valence-electron chi connectivity index (χ2n) is 2.97. The Hall–Kier alpha value is -0.860. The van der Waals surface area contributed by atoms with Gasteiger partial charge in [0.15, 0.2) is 6.30 Å². The molecule has 0 saturated carbocycles. The van der Waals surface area contributed by atoms with Crippen LogP contribution in [0.5, 0.6) is 0 Å². The number of aromatic nitrogens is 2. The van der Waals surface area contributed by atoms with Crippen LogP contribution in [-0.2, 0) is 0 Å². The van der Waals surface area contributed by atoms with Gasteiger partial charge in [0, 0.05) is 6.20 Å². The van der Waals surface area contributed by atoms with Gasteiger partial charge >= 0.3 is 0 Å². The van der Waals surface area contributed by atoms with E-state index in [2.05, 4.69) is 4.98 Å². The Bertz CT molecular complexity index is 205. The number of nitrogens with zero attached hydrogens (tertiary/aromatic N) is 2. The number of halogens is 1. The van der Waals surface area contributed by atoms with E-state index in [1.165, 1.54) is 17.8 Å². The average molecular weight is 156 g/mol. The van der Waals surface area contributed by atoms with Gasteiger partial charge in [0.1, 0.15) is 0 Å². The first-order chi connectivity index (χ1) is 5.11. The second-order valence-corrected chi connectivity index (χ2v) is 2.97. The van der Waals surface area contributed by atoms with Crippen LogP contribution in [0.25, 0.3) is 0 Å². The SMILES string of the molecule is CC(C)c1cn(C(C)F)cn1. The Kier molecular flexibility index (Phi) is 2.27. The summed E-state index contributed by atoms with van der Waals surface area (Å²) in [6.45, 7) is 5.57. The molecule has 1 atom stereocenters. The molecule has 0 N–H and O–H groups in total. The Morgan fingerprint density at radius 1 is 1.45 bits per heavy atom. The van der Waals surface area contributed by atoms with Gasteiger partial charge in [-0.1, -0.05) is 13.8 Å². The number of alkyl halides is 1. The smallest absolute Gasteiger partial charge is 0.174 e. The van der Waals surface area contributed by atoms with E-state index in [0.717, 1.165) is 5.69 Å². The molecule has 0 aliphatic carbocycles. The van der Waals surface area contributed by atoms with Gasteiger partial charge in [-0.25, -0.2) is 9.37 Å². The van der Waals surface area contributed by atoms with E-state index < -0.39 is 6.30 Å². The molecule has 0 aromatic carbocycles. The van der Waals surface area contributed by atoms with Gasteiger partial charge in [-0.2, -0.15) is 0 Å². The van der Waals surface area contributed by atoms with Gasteiger partial charge < -0.3 is 4.57 Å². The van der Waals surface area contributed by atoms with E-state index in [0.29, 0.717) is 5.92 Å². The van der Waals surface area contributed by atoms with Gasteiger partial charge in [0.05, 0.1) is 12.0 Å². The number of rotatable bonds is 2. The number of hydrogen-bond acceptors (Lipinski definition) is 1. The minimum Gasteiger partial charge on any atom is -0.307 e. The fourth-order valence-electron chi connectivity index (χ4n) is 0.845. The first kappa shape index (κ1) is 8.24. The van der Waals surface area contributed by atoms with Crippen molar-refractivity contribution in [3.05, 3.63) is 18.2 Å². The molecule has 11 heavy (non-hydrogen) atoms. The molecule has 2 nitrogen and oxygen atoms in total. The summed E-state index contributed by atoms with van der Waals surface area (Å²) in [6, 6.07) is 0. The van der Waals surface area contributed by atoms with E-state index >= 15 is 0 Å². The summed E-state index contributed by atoms with van der Waals surface area (Å²) in [5.74, 6) is 0.370. The highest BCUT2D eigenvalue weighted by Crippen LogP contribution is 2.14. The van der Waals surface area contributed by atoms with Crippen LogP contribution in [0.4, 0.5) is 4.39 Å². The zero-order chi connectivity index (χ0) is 8.43. The second kappa shape index (κ2) is 3.03. The van der Waals surface area contributed by atoms with Gasteiger partial charge in [0.2, 0.25) is 0 Å². The lowest BCUT2D eigenvalue weighted by Gasteiger charge is -2.00. The van der Waals surface area contributed by atoms with Crippen molar-refractivity contribution in [2.75, 3.05) is 0 Å². The van der Waals surface area contributed by atoms with Crippen molar-refractivity contribution in [2.45, 2.75) is 33.0 Å². The summed E-state index contributed by atoms with van der Waals surface area (Å²) in [4.78, 5) is 4.06. The molecule has 0 amide bonds. The molecule has 1 unspecified atom stereocenters. The lowest BCUT2D eigenvalue weighted by molar-refractivity contribution is 0.267. The largest absolute Gasteiger partial charge is 0.307 e. The quantitative estimate of drug-likeness (QED) is 0.643. The van der Waals surface area contributed by atoms with Crippen molar-refractivity contribution >= 4 is 0 Å². The molecule has 0 saturated heterocycles. The van der Waals surface area contributed by atoms with Gasteiger partial charge in [-0.15, -0.1) is 0 Å². The zero-order valence-electron chi connectivity index (χ0n) is 7.08. The average Bonchev–Trinajstić information content (AvgIpc) is 2.33. The fraction of sp³-hybridized carbons (Fsp3) is 0.625. The fourth-order valence-corrected chi connectivity index (χ4v) is 0.845. The molecule has 1 aromatic heterocycles. The molecule has 3 heteroatoms. The van der Waals surface area contributed by atoms with Crippen LogP contribution in [0, 0.1) is 0 Å². The van der Waals surface area contributed by atoms with E-state index in [9.17, 15) is 4.39 Å². The first-order valence-corrected chi connectivity index (χ1v) is 3.78. The third kappa shape index (κ3) is 1.79. The van der Waals surface area contributed by atoms with Crippen molar-refractivity contribution < 1.29 is 4.39 Å². The van der Waals surface area contributed by atoms with E-state index in [1.54, 1.807) is 6.20 Å². The normalized spacial score (nSPS) is 13.9. The van der Waals surface area contributed by atoms with Crippen molar-refractivity contribution in [3.63, 3.8) is 0 Å². The topological polar surface area (TPSA) is 17.8 Å². The number of imidazole rings is 1. The Balaban J connectivity index is 2.82. The van der Waals surface area contributed by atoms with E-state index in [4.69, 9.17) is 0 Å². The van der Waals surface area contributed by atoms with Crippen LogP contribution in [0.3, 0.4) is 0 Å². The van der Waals surface area contributed by atoms with Crippen molar-refractivity contribution in [1.82, 2.24) is 9.55 Å². The highest BCUT2D eigenvalue weighted by molar-refractivity contribution is 5.02. The lowest BCUT2D eigenvalue weighted by atomic mass is 10.2. The van der Waals surface area contributed by atoms with E-state index in [1.807, 2.05) is 13.8 Å². The monoisotopic (exact) mass is 156 g/mol. The molecule has 1 rings (SSSR count). The summed E-state index contributed by atoms with van der Waals surface area (Å²) in [6.07, 6.45) is 2.30. The molecule has 0 aliphatic rings. The molecule has 0 bridgehead atoms. The summed E-state index contributed by atoms with van der Waals surface area (Å²) in [5, 5.41) is 0. The summed E-state index contributed by atoms with van der Waals surface area (Å²) < 4.78 is 14.1.